The van der Waals surface area contributed by atoms with Crippen LogP contribution in [0.3, 0.4) is 0 Å². The molecule has 2 aromatic carbocycles. The highest BCUT2D eigenvalue weighted by Crippen LogP contribution is 2.22. The lowest BCUT2D eigenvalue weighted by molar-refractivity contribution is -0.118. The summed E-state index contributed by atoms with van der Waals surface area (Å²) in [7, 11) is 1.29. The van der Waals surface area contributed by atoms with Crippen molar-refractivity contribution in [1.82, 2.24) is 0 Å². The number of halogens is 2. The van der Waals surface area contributed by atoms with Crippen LogP contribution in [0.5, 0.6) is 5.75 Å². The minimum atomic E-state index is -0.491. The number of hydrogen-bond acceptors (Lipinski definition) is 4. The second-order valence-corrected chi connectivity index (χ2v) is 4.88. The number of carbonyl (C=O) groups excluding carboxylic acids is 2. The number of ether oxygens (including phenoxy) is 2. The fourth-order valence-electron chi connectivity index (χ4n) is 1.73. The average Bonchev–Trinajstić information content (AvgIpc) is 2.55. The lowest BCUT2D eigenvalue weighted by atomic mass is 10.2. The van der Waals surface area contributed by atoms with E-state index in [4.69, 9.17) is 16.3 Å². The first-order valence-electron chi connectivity index (χ1n) is 6.55. The molecule has 0 bridgehead atoms. The highest BCUT2D eigenvalue weighted by Gasteiger charge is 2.09. The maximum Gasteiger partial charge on any atom is 0.337 e. The normalized spacial score (nSPS) is 10.0. The number of benzene rings is 2. The van der Waals surface area contributed by atoms with Crippen molar-refractivity contribution in [3.8, 4) is 5.75 Å². The number of rotatable bonds is 5. The monoisotopic (exact) mass is 337 g/mol. The minimum Gasteiger partial charge on any atom is -0.484 e. The van der Waals surface area contributed by atoms with Crippen LogP contribution in [0.4, 0.5) is 10.1 Å². The minimum absolute atomic E-state index is 0.0979. The molecule has 0 aliphatic rings. The van der Waals surface area contributed by atoms with E-state index in [2.05, 4.69) is 10.1 Å². The Labute approximate surface area is 137 Å². The molecule has 0 atom stereocenters. The third-order valence-corrected chi connectivity index (χ3v) is 3.16. The van der Waals surface area contributed by atoms with Crippen LogP contribution in [-0.2, 0) is 9.53 Å². The van der Waals surface area contributed by atoms with Crippen molar-refractivity contribution >= 4 is 29.2 Å². The number of anilines is 1. The highest BCUT2D eigenvalue weighted by atomic mass is 35.5. The fourth-order valence-corrected chi connectivity index (χ4v) is 1.95. The van der Waals surface area contributed by atoms with Crippen LogP contribution >= 0.6 is 11.6 Å². The van der Waals surface area contributed by atoms with E-state index in [0.29, 0.717) is 17.0 Å². The largest absolute Gasteiger partial charge is 0.484 e. The van der Waals surface area contributed by atoms with Gasteiger partial charge in [-0.25, -0.2) is 9.18 Å². The van der Waals surface area contributed by atoms with E-state index < -0.39 is 17.7 Å². The lowest BCUT2D eigenvalue weighted by Gasteiger charge is -2.09. The van der Waals surface area contributed by atoms with Crippen LogP contribution in [0.25, 0.3) is 0 Å². The van der Waals surface area contributed by atoms with Crippen LogP contribution in [0.15, 0.2) is 42.5 Å². The van der Waals surface area contributed by atoms with Crippen molar-refractivity contribution in [2.75, 3.05) is 19.0 Å². The van der Waals surface area contributed by atoms with Gasteiger partial charge in [0.25, 0.3) is 5.91 Å². The van der Waals surface area contributed by atoms with E-state index in [1.165, 1.54) is 31.4 Å². The van der Waals surface area contributed by atoms with Crippen molar-refractivity contribution < 1.29 is 23.5 Å². The summed E-state index contributed by atoms with van der Waals surface area (Å²) in [6.45, 7) is -0.259. The Bertz CT molecular complexity index is 719. The number of esters is 1. The van der Waals surface area contributed by atoms with Crippen molar-refractivity contribution in [1.29, 1.82) is 0 Å². The summed E-state index contributed by atoms with van der Waals surface area (Å²) < 4.78 is 22.8. The molecule has 0 aromatic heterocycles. The first-order valence-corrected chi connectivity index (χ1v) is 6.93. The fraction of sp³-hybridized carbons (Fsp3) is 0.125. The Kier molecular flexibility index (Phi) is 5.54. The molecule has 2 aromatic rings. The van der Waals surface area contributed by atoms with Crippen molar-refractivity contribution in [2.24, 2.45) is 0 Å². The van der Waals surface area contributed by atoms with Crippen molar-refractivity contribution in [2.45, 2.75) is 0 Å². The van der Waals surface area contributed by atoms with Gasteiger partial charge in [0, 0.05) is 0 Å². The molecule has 7 heteroatoms. The predicted octanol–water partition coefficient (Wildman–Crippen LogP) is 3.28. The second-order valence-electron chi connectivity index (χ2n) is 4.48. The molecule has 0 aliphatic carbocycles. The Morgan fingerprint density at radius 3 is 2.48 bits per heavy atom. The summed E-state index contributed by atoms with van der Waals surface area (Å²) in [4.78, 5) is 23.1. The topological polar surface area (TPSA) is 64.6 Å². The first-order chi connectivity index (χ1) is 11.0. The van der Waals surface area contributed by atoms with Gasteiger partial charge >= 0.3 is 5.97 Å². The molecule has 0 heterocycles. The molecule has 0 spiro atoms. The highest BCUT2D eigenvalue weighted by molar-refractivity contribution is 6.33. The molecular weight excluding hydrogens is 325 g/mol. The SMILES string of the molecule is COC(=O)c1ccc(OCC(=O)Nc2ccc(F)cc2Cl)cc1. The summed E-state index contributed by atoms with van der Waals surface area (Å²) in [6.07, 6.45) is 0. The number of nitrogens with one attached hydrogen (secondary N) is 1. The van der Waals surface area contributed by atoms with E-state index in [0.717, 1.165) is 6.07 Å². The van der Waals surface area contributed by atoms with E-state index in [1.807, 2.05) is 0 Å². The number of methoxy groups -OCH3 is 1. The second kappa shape index (κ2) is 7.60. The molecular formula is C16H13ClFNO4. The standard InChI is InChI=1S/C16H13ClFNO4/c1-22-16(21)10-2-5-12(6-3-10)23-9-15(20)19-14-7-4-11(18)8-13(14)17/h2-8H,9H2,1H3,(H,19,20). The van der Waals surface area contributed by atoms with Gasteiger partial charge in [-0.1, -0.05) is 11.6 Å². The summed E-state index contributed by atoms with van der Waals surface area (Å²) in [6, 6.07) is 9.79. The van der Waals surface area contributed by atoms with Gasteiger partial charge in [0.15, 0.2) is 6.61 Å². The quantitative estimate of drug-likeness (QED) is 0.850. The number of carbonyl (C=O) groups is 2. The van der Waals surface area contributed by atoms with Gasteiger partial charge in [-0.15, -0.1) is 0 Å². The van der Waals surface area contributed by atoms with Crippen molar-refractivity contribution in [3.63, 3.8) is 0 Å². The van der Waals surface area contributed by atoms with Gasteiger partial charge < -0.3 is 14.8 Å². The lowest BCUT2D eigenvalue weighted by Crippen LogP contribution is -2.20. The molecule has 0 fully saturated rings. The van der Waals surface area contributed by atoms with Gasteiger partial charge in [0.1, 0.15) is 11.6 Å². The van der Waals surface area contributed by atoms with Crippen LogP contribution in [-0.4, -0.2) is 25.6 Å². The molecule has 2 rings (SSSR count). The maximum absolute atomic E-state index is 12.9. The van der Waals surface area contributed by atoms with Gasteiger partial charge in [0.2, 0.25) is 0 Å². The van der Waals surface area contributed by atoms with Crippen LogP contribution in [0, 0.1) is 5.82 Å². The van der Waals surface area contributed by atoms with Crippen LogP contribution < -0.4 is 10.1 Å². The van der Waals surface area contributed by atoms with Gasteiger partial charge in [0.05, 0.1) is 23.4 Å². The van der Waals surface area contributed by atoms with Crippen LogP contribution in [0.1, 0.15) is 10.4 Å². The van der Waals surface area contributed by atoms with E-state index in [9.17, 15) is 14.0 Å². The summed E-state index contributed by atoms with van der Waals surface area (Å²) in [5.74, 6) is -0.983. The third kappa shape index (κ3) is 4.69. The molecule has 23 heavy (non-hydrogen) atoms. The summed E-state index contributed by atoms with van der Waals surface area (Å²) in [5, 5.41) is 2.61. The summed E-state index contributed by atoms with van der Waals surface area (Å²) in [5.41, 5.74) is 0.671. The van der Waals surface area contributed by atoms with Crippen LogP contribution in [0.2, 0.25) is 5.02 Å². The third-order valence-electron chi connectivity index (χ3n) is 2.85. The van der Waals surface area contributed by atoms with Gasteiger partial charge in [-0.3, -0.25) is 4.79 Å². The average molecular weight is 338 g/mol. The van der Waals surface area contributed by atoms with Gasteiger partial charge in [-0.2, -0.15) is 0 Å². The zero-order valence-electron chi connectivity index (χ0n) is 12.1. The molecule has 0 saturated carbocycles. The molecule has 120 valence electrons. The molecule has 0 radical (unpaired) electrons. The first kappa shape index (κ1) is 16.8. The Balaban J connectivity index is 1.90. The Morgan fingerprint density at radius 2 is 1.87 bits per heavy atom. The van der Waals surface area contributed by atoms with E-state index in [1.54, 1.807) is 12.1 Å². The predicted molar refractivity (Wildman–Crippen MR) is 83.3 cm³/mol. The zero-order chi connectivity index (χ0) is 16.8. The van der Waals surface area contributed by atoms with Gasteiger partial charge in [-0.05, 0) is 42.5 Å². The Hall–Kier alpha value is -2.60. The molecule has 0 unspecified atom stereocenters. The van der Waals surface area contributed by atoms with E-state index in [-0.39, 0.29) is 11.6 Å². The molecule has 0 aliphatic heterocycles. The number of hydrogen-bond donors (Lipinski definition) is 1. The summed E-state index contributed by atoms with van der Waals surface area (Å²) >= 11 is 5.81. The van der Waals surface area contributed by atoms with E-state index >= 15 is 0 Å². The molecule has 1 amide bonds. The van der Waals surface area contributed by atoms with Crippen molar-refractivity contribution in [3.05, 3.63) is 58.9 Å². The molecule has 0 saturated heterocycles. The molecule has 5 nitrogen and oxygen atoms in total. The number of amides is 1. The zero-order valence-corrected chi connectivity index (χ0v) is 12.9. The Morgan fingerprint density at radius 1 is 1.17 bits per heavy atom. The maximum atomic E-state index is 12.9. The molecule has 1 N–H and O–H groups in total. The smallest absolute Gasteiger partial charge is 0.337 e.